The van der Waals surface area contributed by atoms with Crippen LogP contribution in [0, 0.1) is 20.8 Å². The maximum absolute atomic E-state index is 4.40. The van der Waals surface area contributed by atoms with E-state index in [2.05, 4.69) is 21.4 Å². The molecule has 0 spiro atoms. The Labute approximate surface area is 99.6 Å². The zero-order valence-corrected chi connectivity index (χ0v) is 10.6. The number of hydrogen-bond acceptors (Lipinski definition) is 4. The van der Waals surface area contributed by atoms with Crippen molar-refractivity contribution in [2.45, 2.75) is 27.3 Å². The Bertz CT molecular complexity index is 474. The van der Waals surface area contributed by atoms with E-state index in [-0.39, 0.29) is 0 Å². The van der Waals surface area contributed by atoms with E-state index < -0.39 is 0 Å². The monoisotopic (exact) mass is 233 g/mol. The average molecular weight is 233 g/mol. The zero-order valence-electron chi connectivity index (χ0n) is 9.74. The number of aromatic nitrogens is 2. The molecule has 3 nitrogen and oxygen atoms in total. The molecule has 0 bridgehead atoms. The van der Waals surface area contributed by atoms with Crippen LogP contribution in [0.4, 0.5) is 5.82 Å². The summed E-state index contributed by atoms with van der Waals surface area (Å²) in [6, 6.07) is 4.05. The minimum Gasteiger partial charge on any atom is -0.365 e. The molecule has 0 saturated carbocycles. The summed E-state index contributed by atoms with van der Waals surface area (Å²) in [4.78, 5) is 9.98. The number of anilines is 1. The van der Waals surface area contributed by atoms with E-state index >= 15 is 0 Å². The van der Waals surface area contributed by atoms with Crippen molar-refractivity contribution < 1.29 is 0 Å². The van der Waals surface area contributed by atoms with Gasteiger partial charge in [0.05, 0.1) is 17.2 Å². The topological polar surface area (TPSA) is 37.8 Å². The minimum atomic E-state index is 0.799. The number of thiazole rings is 1. The molecule has 2 heterocycles. The van der Waals surface area contributed by atoms with Crippen LogP contribution in [-0.4, -0.2) is 9.97 Å². The molecular formula is C12H15N3S. The van der Waals surface area contributed by atoms with Crippen molar-refractivity contribution >= 4 is 17.2 Å². The predicted molar refractivity (Wildman–Crippen MR) is 67.9 cm³/mol. The summed E-state index contributed by atoms with van der Waals surface area (Å²) in [7, 11) is 0. The first-order valence-corrected chi connectivity index (χ1v) is 6.06. The first kappa shape index (κ1) is 11.1. The Hall–Kier alpha value is -1.42. The molecule has 0 aliphatic carbocycles. The molecule has 1 N–H and O–H groups in total. The highest BCUT2D eigenvalue weighted by molar-refractivity contribution is 7.11. The number of nitrogens with zero attached hydrogens (tertiary/aromatic N) is 2. The van der Waals surface area contributed by atoms with E-state index in [1.165, 1.54) is 10.4 Å². The van der Waals surface area contributed by atoms with E-state index in [1.807, 2.05) is 33.0 Å². The summed E-state index contributed by atoms with van der Waals surface area (Å²) in [6.45, 7) is 6.91. The Morgan fingerprint density at radius 1 is 1.25 bits per heavy atom. The first-order chi connectivity index (χ1) is 7.65. The van der Waals surface area contributed by atoms with Crippen LogP contribution in [0.1, 0.15) is 21.1 Å². The molecule has 4 heteroatoms. The standard InChI is InChI=1S/C12H15N3S/c1-8-4-5-12(13-6-8)14-7-11-9(2)15-10(3)16-11/h4-6H,7H2,1-3H3,(H,13,14). The van der Waals surface area contributed by atoms with Gasteiger partial charge in [0.1, 0.15) is 5.82 Å². The lowest BCUT2D eigenvalue weighted by molar-refractivity contribution is 1.08. The molecule has 2 rings (SSSR count). The third kappa shape index (κ3) is 2.58. The third-order valence-corrected chi connectivity index (χ3v) is 3.41. The largest absolute Gasteiger partial charge is 0.365 e. The Balaban J connectivity index is 2.02. The number of rotatable bonds is 3. The number of nitrogens with one attached hydrogen (secondary N) is 1. The van der Waals surface area contributed by atoms with Gasteiger partial charge in [-0.3, -0.25) is 0 Å². The van der Waals surface area contributed by atoms with E-state index in [1.54, 1.807) is 11.3 Å². The molecule has 0 unspecified atom stereocenters. The molecule has 0 fully saturated rings. The number of hydrogen-bond donors (Lipinski definition) is 1. The molecule has 0 radical (unpaired) electrons. The fourth-order valence-corrected chi connectivity index (χ4v) is 2.36. The molecule has 84 valence electrons. The lowest BCUT2D eigenvalue weighted by atomic mass is 10.3. The van der Waals surface area contributed by atoms with Gasteiger partial charge < -0.3 is 5.32 Å². The average Bonchev–Trinajstić information content (AvgIpc) is 2.57. The van der Waals surface area contributed by atoms with Gasteiger partial charge in [0.25, 0.3) is 0 Å². The van der Waals surface area contributed by atoms with Gasteiger partial charge in [-0.15, -0.1) is 11.3 Å². The van der Waals surface area contributed by atoms with Crippen LogP contribution >= 0.6 is 11.3 Å². The Kier molecular flexibility index (Phi) is 3.19. The highest BCUT2D eigenvalue weighted by Crippen LogP contribution is 2.18. The second kappa shape index (κ2) is 4.61. The predicted octanol–water partition coefficient (Wildman–Crippen LogP) is 3.08. The van der Waals surface area contributed by atoms with Crippen molar-refractivity contribution in [1.29, 1.82) is 0 Å². The quantitative estimate of drug-likeness (QED) is 0.885. The summed E-state index contributed by atoms with van der Waals surface area (Å²) in [5.74, 6) is 0.913. The highest BCUT2D eigenvalue weighted by Gasteiger charge is 2.04. The smallest absolute Gasteiger partial charge is 0.126 e. The first-order valence-electron chi connectivity index (χ1n) is 5.24. The van der Waals surface area contributed by atoms with Gasteiger partial charge in [0.2, 0.25) is 0 Å². The summed E-state index contributed by atoms with van der Waals surface area (Å²) in [6.07, 6.45) is 1.87. The van der Waals surface area contributed by atoms with Crippen molar-refractivity contribution in [2.75, 3.05) is 5.32 Å². The van der Waals surface area contributed by atoms with Gasteiger partial charge in [0.15, 0.2) is 0 Å². The molecule has 0 aromatic carbocycles. The van der Waals surface area contributed by atoms with Crippen LogP contribution in [0.5, 0.6) is 0 Å². The van der Waals surface area contributed by atoms with Gasteiger partial charge >= 0.3 is 0 Å². The van der Waals surface area contributed by atoms with Crippen molar-refractivity contribution in [3.8, 4) is 0 Å². The van der Waals surface area contributed by atoms with E-state index in [0.29, 0.717) is 0 Å². The second-order valence-electron chi connectivity index (χ2n) is 3.82. The second-order valence-corrected chi connectivity index (χ2v) is 5.10. The third-order valence-electron chi connectivity index (χ3n) is 2.34. The summed E-state index contributed by atoms with van der Waals surface area (Å²) in [5.41, 5.74) is 2.29. The van der Waals surface area contributed by atoms with Gasteiger partial charge in [-0.1, -0.05) is 6.07 Å². The maximum Gasteiger partial charge on any atom is 0.126 e. The fraction of sp³-hybridized carbons (Fsp3) is 0.333. The van der Waals surface area contributed by atoms with Crippen LogP contribution in [0.15, 0.2) is 18.3 Å². The molecule has 2 aromatic heterocycles. The SMILES string of the molecule is Cc1ccc(NCc2sc(C)nc2C)nc1. The van der Waals surface area contributed by atoms with Gasteiger partial charge in [0, 0.05) is 11.1 Å². The maximum atomic E-state index is 4.40. The van der Waals surface area contributed by atoms with Crippen LogP contribution < -0.4 is 5.32 Å². The Morgan fingerprint density at radius 3 is 2.62 bits per heavy atom. The normalized spacial score (nSPS) is 10.4. The van der Waals surface area contributed by atoms with Crippen LogP contribution in [0.3, 0.4) is 0 Å². The van der Waals surface area contributed by atoms with Crippen molar-refractivity contribution in [3.05, 3.63) is 39.5 Å². The lowest BCUT2D eigenvalue weighted by Gasteiger charge is -2.04. The van der Waals surface area contributed by atoms with Crippen molar-refractivity contribution in [1.82, 2.24) is 9.97 Å². The molecule has 0 aliphatic heterocycles. The fourth-order valence-electron chi connectivity index (χ4n) is 1.48. The van der Waals surface area contributed by atoms with Crippen molar-refractivity contribution in [3.63, 3.8) is 0 Å². The van der Waals surface area contributed by atoms with Gasteiger partial charge in [-0.2, -0.15) is 0 Å². The number of pyridine rings is 1. The Morgan fingerprint density at radius 2 is 2.06 bits per heavy atom. The molecule has 2 aromatic rings. The summed E-state index contributed by atoms with van der Waals surface area (Å²) >= 11 is 1.74. The van der Waals surface area contributed by atoms with Crippen LogP contribution in [0.2, 0.25) is 0 Å². The molecule has 16 heavy (non-hydrogen) atoms. The molecule has 0 amide bonds. The highest BCUT2D eigenvalue weighted by atomic mass is 32.1. The summed E-state index contributed by atoms with van der Waals surface area (Å²) < 4.78 is 0. The van der Waals surface area contributed by atoms with E-state index in [0.717, 1.165) is 23.1 Å². The number of aryl methyl sites for hydroxylation is 3. The zero-order chi connectivity index (χ0) is 11.5. The van der Waals surface area contributed by atoms with Crippen molar-refractivity contribution in [2.24, 2.45) is 0 Å². The molecule has 0 saturated heterocycles. The van der Waals surface area contributed by atoms with Crippen LogP contribution in [0.25, 0.3) is 0 Å². The molecule has 0 atom stereocenters. The van der Waals surface area contributed by atoms with Gasteiger partial charge in [-0.25, -0.2) is 9.97 Å². The molecular weight excluding hydrogens is 218 g/mol. The lowest BCUT2D eigenvalue weighted by Crippen LogP contribution is -2.00. The minimum absolute atomic E-state index is 0.799. The van der Waals surface area contributed by atoms with E-state index in [4.69, 9.17) is 0 Å². The molecule has 0 aliphatic rings. The summed E-state index contributed by atoms with van der Waals surface area (Å²) in [5, 5.41) is 4.42. The van der Waals surface area contributed by atoms with Crippen LogP contribution in [-0.2, 0) is 6.54 Å². The van der Waals surface area contributed by atoms with E-state index in [9.17, 15) is 0 Å². The van der Waals surface area contributed by atoms with Gasteiger partial charge in [-0.05, 0) is 32.4 Å².